The van der Waals surface area contributed by atoms with E-state index in [2.05, 4.69) is 10.3 Å². The van der Waals surface area contributed by atoms with E-state index in [0.29, 0.717) is 11.6 Å². The average molecular weight is 299 g/mol. The molecule has 0 saturated carbocycles. The molecule has 0 unspecified atom stereocenters. The molecule has 0 atom stereocenters. The number of ether oxygens (including phenoxy) is 1. The Bertz CT molecular complexity index is 768. The van der Waals surface area contributed by atoms with E-state index in [1.54, 1.807) is 6.20 Å². The summed E-state index contributed by atoms with van der Waals surface area (Å²) in [6, 6.07) is 15.5. The highest BCUT2D eigenvalue weighted by atomic mass is 35.5. The Labute approximate surface area is 128 Å². The molecule has 3 rings (SSSR count). The summed E-state index contributed by atoms with van der Waals surface area (Å²) in [5.74, 6) is 1.47. The minimum absolute atomic E-state index is 0.651. The van der Waals surface area contributed by atoms with Crippen molar-refractivity contribution in [3.05, 3.63) is 65.3 Å². The molecule has 2 aromatic carbocycles. The monoisotopic (exact) mass is 298 g/mol. The highest BCUT2D eigenvalue weighted by molar-refractivity contribution is 6.30. The van der Waals surface area contributed by atoms with Crippen LogP contribution in [0, 0.1) is 0 Å². The lowest BCUT2D eigenvalue weighted by atomic mass is 10.2. The smallest absolute Gasteiger partial charge is 0.153 e. The first-order chi connectivity index (χ1) is 10.3. The van der Waals surface area contributed by atoms with Gasteiger partial charge in [-0.1, -0.05) is 35.9 Å². The molecule has 0 saturated heterocycles. The summed E-state index contributed by atoms with van der Waals surface area (Å²) >= 11 is 6.09. The molecule has 0 aliphatic heterocycles. The fourth-order valence-electron chi connectivity index (χ4n) is 2.24. The van der Waals surface area contributed by atoms with Crippen molar-refractivity contribution in [1.82, 2.24) is 10.3 Å². The third-order valence-electron chi connectivity index (χ3n) is 3.21. The van der Waals surface area contributed by atoms with Gasteiger partial charge in [0.1, 0.15) is 11.3 Å². The lowest BCUT2D eigenvalue weighted by Gasteiger charge is -2.12. The Balaban J connectivity index is 2.04. The number of rotatable bonds is 4. The normalized spacial score (nSPS) is 10.8. The molecule has 0 bridgehead atoms. The SMILES string of the molecule is CNCc1ccc(Cl)cc1Oc1cccc2cccnc12. The molecule has 0 fully saturated rings. The molecule has 3 aromatic rings. The zero-order chi connectivity index (χ0) is 14.7. The summed E-state index contributed by atoms with van der Waals surface area (Å²) in [4.78, 5) is 4.40. The Kier molecular flexibility index (Phi) is 4.04. The Morgan fingerprint density at radius 1 is 1.10 bits per heavy atom. The van der Waals surface area contributed by atoms with Gasteiger partial charge in [-0.25, -0.2) is 0 Å². The van der Waals surface area contributed by atoms with Crippen LogP contribution in [0.15, 0.2) is 54.7 Å². The van der Waals surface area contributed by atoms with Crippen LogP contribution in [0.5, 0.6) is 11.5 Å². The van der Waals surface area contributed by atoms with Gasteiger partial charge in [0.15, 0.2) is 5.75 Å². The van der Waals surface area contributed by atoms with Crippen LogP contribution in [0.1, 0.15) is 5.56 Å². The fourth-order valence-corrected chi connectivity index (χ4v) is 2.40. The van der Waals surface area contributed by atoms with Crippen molar-refractivity contribution in [1.29, 1.82) is 0 Å². The quantitative estimate of drug-likeness (QED) is 0.775. The number of aromatic nitrogens is 1. The predicted octanol–water partition coefficient (Wildman–Crippen LogP) is 4.40. The van der Waals surface area contributed by atoms with Crippen molar-refractivity contribution in [3.63, 3.8) is 0 Å². The van der Waals surface area contributed by atoms with Gasteiger partial charge < -0.3 is 10.1 Å². The Morgan fingerprint density at radius 2 is 1.95 bits per heavy atom. The molecular formula is C17H15ClN2O. The first-order valence-corrected chi connectivity index (χ1v) is 7.10. The van der Waals surface area contributed by atoms with E-state index in [1.165, 1.54) is 0 Å². The van der Waals surface area contributed by atoms with Crippen LogP contribution in [0.3, 0.4) is 0 Å². The third-order valence-corrected chi connectivity index (χ3v) is 3.45. The molecule has 21 heavy (non-hydrogen) atoms. The van der Waals surface area contributed by atoms with E-state index in [0.717, 1.165) is 28.0 Å². The highest BCUT2D eigenvalue weighted by Gasteiger charge is 2.09. The first-order valence-electron chi connectivity index (χ1n) is 6.72. The summed E-state index contributed by atoms with van der Waals surface area (Å²) in [5.41, 5.74) is 1.89. The lowest BCUT2D eigenvalue weighted by Crippen LogP contribution is -2.06. The summed E-state index contributed by atoms with van der Waals surface area (Å²) in [6.45, 7) is 0.713. The van der Waals surface area contributed by atoms with Gasteiger partial charge in [-0.2, -0.15) is 0 Å². The van der Waals surface area contributed by atoms with E-state index in [9.17, 15) is 0 Å². The van der Waals surface area contributed by atoms with Gasteiger partial charge in [0.25, 0.3) is 0 Å². The van der Waals surface area contributed by atoms with Crippen LogP contribution in [0.25, 0.3) is 10.9 Å². The molecular weight excluding hydrogens is 284 g/mol. The van der Waals surface area contributed by atoms with Gasteiger partial charge in [0.2, 0.25) is 0 Å². The van der Waals surface area contributed by atoms with Gasteiger partial charge in [0, 0.05) is 28.7 Å². The minimum Gasteiger partial charge on any atom is -0.455 e. The second kappa shape index (κ2) is 6.12. The lowest BCUT2D eigenvalue weighted by molar-refractivity contribution is 0.478. The largest absolute Gasteiger partial charge is 0.455 e. The molecule has 0 radical (unpaired) electrons. The number of nitrogens with zero attached hydrogens (tertiary/aromatic N) is 1. The number of hydrogen-bond acceptors (Lipinski definition) is 3. The predicted molar refractivity (Wildman–Crippen MR) is 86.0 cm³/mol. The van der Waals surface area contributed by atoms with Crippen LogP contribution >= 0.6 is 11.6 Å². The van der Waals surface area contributed by atoms with Crippen LogP contribution in [0.2, 0.25) is 5.02 Å². The van der Waals surface area contributed by atoms with E-state index in [4.69, 9.17) is 16.3 Å². The second-order valence-electron chi connectivity index (χ2n) is 4.72. The molecule has 4 heteroatoms. The number of fused-ring (bicyclic) bond motifs is 1. The molecule has 1 aromatic heterocycles. The molecule has 3 nitrogen and oxygen atoms in total. The molecule has 106 valence electrons. The molecule has 0 aliphatic carbocycles. The van der Waals surface area contributed by atoms with Crippen LogP contribution < -0.4 is 10.1 Å². The Morgan fingerprint density at radius 3 is 2.81 bits per heavy atom. The van der Waals surface area contributed by atoms with Crippen LogP contribution in [-0.4, -0.2) is 12.0 Å². The van der Waals surface area contributed by atoms with E-state index in [-0.39, 0.29) is 0 Å². The summed E-state index contributed by atoms with van der Waals surface area (Å²) < 4.78 is 6.07. The average Bonchev–Trinajstić information content (AvgIpc) is 2.50. The van der Waals surface area contributed by atoms with Crippen molar-refractivity contribution in [2.24, 2.45) is 0 Å². The topological polar surface area (TPSA) is 34.1 Å². The highest BCUT2D eigenvalue weighted by Crippen LogP contribution is 2.32. The number of hydrogen-bond donors (Lipinski definition) is 1. The Hall–Kier alpha value is -2.10. The molecule has 0 amide bonds. The maximum absolute atomic E-state index is 6.09. The van der Waals surface area contributed by atoms with Crippen molar-refractivity contribution in [2.45, 2.75) is 6.54 Å². The molecule has 1 heterocycles. The van der Waals surface area contributed by atoms with Gasteiger partial charge in [0.05, 0.1) is 0 Å². The zero-order valence-corrected chi connectivity index (χ0v) is 12.4. The number of para-hydroxylation sites is 1. The summed E-state index contributed by atoms with van der Waals surface area (Å²) in [7, 11) is 1.90. The first kappa shape index (κ1) is 13.9. The fraction of sp³-hybridized carbons (Fsp3) is 0.118. The van der Waals surface area contributed by atoms with E-state index >= 15 is 0 Å². The maximum Gasteiger partial charge on any atom is 0.153 e. The van der Waals surface area contributed by atoms with Crippen molar-refractivity contribution >= 4 is 22.5 Å². The maximum atomic E-state index is 6.09. The van der Waals surface area contributed by atoms with Crippen molar-refractivity contribution < 1.29 is 4.74 Å². The van der Waals surface area contributed by atoms with Gasteiger partial charge in [-0.3, -0.25) is 4.98 Å². The minimum atomic E-state index is 0.651. The number of benzene rings is 2. The second-order valence-corrected chi connectivity index (χ2v) is 5.15. The van der Waals surface area contributed by atoms with Crippen molar-refractivity contribution in [2.75, 3.05) is 7.05 Å². The summed E-state index contributed by atoms with van der Waals surface area (Å²) in [6.07, 6.45) is 1.77. The van der Waals surface area contributed by atoms with Crippen LogP contribution in [0.4, 0.5) is 0 Å². The van der Waals surface area contributed by atoms with Crippen LogP contribution in [-0.2, 0) is 6.54 Å². The van der Waals surface area contributed by atoms with E-state index < -0.39 is 0 Å². The summed E-state index contributed by atoms with van der Waals surface area (Å²) in [5, 5.41) is 4.83. The molecule has 0 aliphatic rings. The standard InChI is InChI=1S/C17H15ClN2O/c1-19-11-13-7-8-14(18)10-16(13)21-15-6-2-4-12-5-3-9-20-17(12)15/h2-10,19H,11H2,1H3. The number of nitrogens with one attached hydrogen (secondary N) is 1. The molecule has 0 spiro atoms. The van der Waals surface area contributed by atoms with Crippen molar-refractivity contribution in [3.8, 4) is 11.5 Å². The van der Waals surface area contributed by atoms with E-state index in [1.807, 2.05) is 55.6 Å². The zero-order valence-electron chi connectivity index (χ0n) is 11.6. The van der Waals surface area contributed by atoms with Gasteiger partial charge in [-0.15, -0.1) is 0 Å². The number of halogens is 1. The number of pyridine rings is 1. The molecule has 1 N–H and O–H groups in total. The van der Waals surface area contributed by atoms with Gasteiger partial charge in [-0.05, 0) is 31.3 Å². The third kappa shape index (κ3) is 2.99. The van der Waals surface area contributed by atoms with Gasteiger partial charge >= 0.3 is 0 Å².